The van der Waals surface area contributed by atoms with E-state index in [1.807, 2.05) is 66.2 Å². The van der Waals surface area contributed by atoms with Crippen molar-refractivity contribution < 1.29 is 19.9 Å². The Bertz CT molecular complexity index is 1000. The van der Waals surface area contributed by atoms with Crippen LogP contribution >= 0.6 is 11.6 Å². The second-order valence-electron chi connectivity index (χ2n) is 6.39. The van der Waals surface area contributed by atoms with Gasteiger partial charge in [0.1, 0.15) is 30.2 Å². The van der Waals surface area contributed by atoms with Crippen LogP contribution in [0.1, 0.15) is 24.1 Å². The number of oxime groups is 1. The molecule has 0 fully saturated rings. The molecule has 1 aromatic heterocycles. The number of aromatic nitrogens is 2. The van der Waals surface area contributed by atoms with E-state index in [2.05, 4.69) is 10.1 Å². The first-order valence-corrected chi connectivity index (χ1v) is 9.34. The molecule has 1 N–H and O–H groups in total. The largest absolute Gasteiger partial charge is 0.487 e. The summed E-state index contributed by atoms with van der Waals surface area (Å²) in [6.07, 6.45) is 5.33. The first-order chi connectivity index (χ1) is 14.5. The molecule has 0 amide bonds. The molecule has 10 heteroatoms. The highest BCUT2D eigenvalue weighted by Gasteiger charge is 2.34. The number of hydrogen-bond acceptors (Lipinski definition) is 6. The van der Waals surface area contributed by atoms with Gasteiger partial charge in [0.25, 0.3) is 5.09 Å². The summed E-state index contributed by atoms with van der Waals surface area (Å²) in [5.74, 6) is 0.810. The van der Waals surface area contributed by atoms with Crippen LogP contribution in [0, 0.1) is 10.1 Å². The van der Waals surface area contributed by atoms with E-state index in [4.69, 9.17) is 36.5 Å². The van der Waals surface area contributed by atoms with Gasteiger partial charge in [-0.1, -0.05) is 41.0 Å². The highest BCUT2D eigenvalue weighted by Crippen LogP contribution is 2.34. The minimum Gasteiger partial charge on any atom is -0.487 e. The smallest absolute Gasteiger partial charge is 0.291 e. The van der Waals surface area contributed by atoms with E-state index in [9.17, 15) is 0 Å². The van der Waals surface area contributed by atoms with Gasteiger partial charge in [-0.05, 0) is 36.8 Å². The third kappa shape index (κ3) is 5.26. The second-order valence-corrected chi connectivity index (χ2v) is 6.82. The molecule has 0 aliphatic carbocycles. The van der Waals surface area contributed by atoms with Crippen LogP contribution in [0.5, 0.6) is 5.75 Å². The molecular formula is C20H19ClN4O5. The quantitative estimate of drug-likeness (QED) is 0.492. The number of imidazole rings is 1. The van der Waals surface area contributed by atoms with E-state index in [1.54, 1.807) is 12.5 Å². The Morgan fingerprint density at radius 2 is 2.00 bits per heavy atom. The second kappa shape index (κ2) is 9.75. The molecule has 1 aliphatic rings. The monoisotopic (exact) mass is 430 g/mol. The lowest BCUT2D eigenvalue weighted by molar-refractivity contribution is -0.742. The molecule has 4 rings (SSSR count). The van der Waals surface area contributed by atoms with E-state index in [-0.39, 0.29) is 12.1 Å². The zero-order valence-corrected chi connectivity index (χ0v) is 16.7. The lowest BCUT2D eigenvalue weighted by atomic mass is 9.95. The molecule has 0 spiro atoms. The van der Waals surface area contributed by atoms with Gasteiger partial charge in [0, 0.05) is 23.0 Å². The van der Waals surface area contributed by atoms with Crippen LogP contribution in [0.15, 0.2) is 72.4 Å². The maximum absolute atomic E-state index is 8.36. The molecule has 3 aromatic rings. The van der Waals surface area contributed by atoms with Crippen molar-refractivity contribution in [1.29, 1.82) is 0 Å². The Hall–Kier alpha value is -3.59. The summed E-state index contributed by atoms with van der Waals surface area (Å²) in [4.78, 5) is 18.2. The lowest BCUT2D eigenvalue weighted by Crippen LogP contribution is -2.37. The molecule has 2 unspecified atom stereocenters. The predicted octanol–water partition coefficient (Wildman–Crippen LogP) is 4.13. The maximum atomic E-state index is 8.36. The van der Waals surface area contributed by atoms with Gasteiger partial charge >= 0.3 is 0 Å². The number of nitrogens with zero attached hydrogens (tertiary/aromatic N) is 4. The highest BCUT2D eigenvalue weighted by molar-refractivity contribution is 6.30. The summed E-state index contributed by atoms with van der Waals surface area (Å²) in [7, 11) is 0. The fourth-order valence-corrected chi connectivity index (χ4v) is 3.23. The van der Waals surface area contributed by atoms with E-state index >= 15 is 0 Å². The predicted molar refractivity (Wildman–Crippen MR) is 109 cm³/mol. The molecule has 0 radical (unpaired) electrons. The van der Waals surface area contributed by atoms with Crippen molar-refractivity contribution in [2.75, 3.05) is 0 Å². The van der Waals surface area contributed by atoms with Crippen LogP contribution in [0.25, 0.3) is 0 Å². The van der Waals surface area contributed by atoms with Crippen LogP contribution in [-0.2, 0) is 11.4 Å². The molecule has 9 nitrogen and oxygen atoms in total. The summed E-state index contributed by atoms with van der Waals surface area (Å²) in [6.45, 7) is 2.39. The molecule has 156 valence electrons. The average molecular weight is 431 g/mol. The lowest BCUT2D eigenvalue weighted by Gasteiger charge is -2.33. The molecule has 30 heavy (non-hydrogen) atoms. The zero-order valence-electron chi connectivity index (χ0n) is 16.0. The molecule has 0 bridgehead atoms. The Labute approximate surface area is 177 Å². The van der Waals surface area contributed by atoms with Gasteiger partial charge < -0.3 is 19.3 Å². The van der Waals surface area contributed by atoms with Crippen molar-refractivity contribution in [3.05, 3.63) is 93.5 Å². The molecule has 1 aliphatic heterocycles. The van der Waals surface area contributed by atoms with Gasteiger partial charge in [-0.3, -0.25) is 0 Å². The van der Waals surface area contributed by atoms with Crippen molar-refractivity contribution in [1.82, 2.24) is 9.55 Å². The van der Waals surface area contributed by atoms with Gasteiger partial charge in [0.15, 0.2) is 0 Å². The minimum atomic E-state index is -1.50. The number of ether oxygens (including phenoxy) is 1. The summed E-state index contributed by atoms with van der Waals surface area (Å²) in [5, 5.41) is 18.8. The number of hydrogen-bond donors (Lipinski definition) is 1. The van der Waals surface area contributed by atoms with Crippen LogP contribution in [0.2, 0.25) is 5.02 Å². The van der Waals surface area contributed by atoms with Gasteiger partial charge in [0.2, 0.25) is 0 Å². The summed E-state index contributed by atoms with van der Waals surface area (Å²) < 4.78 is 8.07. The highest BCUT2D eigenvalue weighted by atomic mass is 35.5. The Morgan fingerprint density at radius 3 is 2.67 bits per heavy atom. The number of rotatable bonds is 4. The summed E-state index contributed by atoms with van der Waals surface area (Å²) >= 11 is 5.92. The first kappa shape index (κ1) is 21.1. The van der Waals surface area contributed by atoms with Gasteiger partial charge in [0.05, 0.1) is 6.33 Å². The van der Waals surface area contributed by atoms with Crippen molar-refractivity contribution >= 4 is 17.3 Å². The number of para-hydroxylation sites is 1. The van der Waals surface area contributed by atoms with Crippen molar-refractivity contribution in [2.24, 2.45) is 5.16 Å². The third-order valence-corrected chi connectivity index (χ3v) is 4.61. The van der Waals surface area contributed by atoms with Crippen molar-refractivity contribution in [3.63, 3.8) is 0 Å². The normalized spacial score (nSPS) is 18.5. The average Bonchev–Trinajstić information content (AvgIpc) is 3.23. The fraction of sp³-hybridized carbons (Fsp3) is 0.200. The molecule has 0 saturated heterocycles. The fourth-order valence-electron chi connectivity index (χ4n) is 3.11. The third-order valence-electron chi connectivity index (χ3n) is 4.35. The van der Waals surface area contributed by atoms with Crippen molar-refractivity contribution in [3.8, 4) is 5.75 Å². The topological polar surface area (TPSA) is 112 Å². The van der Waals surface area contributed by atoms with Crippen molar-refractivity contribution in [2.45, 2.75) is 25.7 Å². The van der Waals surface area contributed by atoms with Gasteiger partial charge in [-0.2, -0.15) is 0 Å². The van der Waals surface area contributed by atoms with E-state index in [1.165, 1.54) is 0 Å². The van der Waals surface area contributed by atoms with Gasteiger partial charge in [-0.15, -0.1) is 10.1 Å². The van der Waals surface area contributed by atoms with Crippen LogP contribution in [0.3, 0.4) is 0 Å². The number of benzene rings is 2. The molecular weight excluding hydrogens is 412 g/mol. The molecule has 0 saturated carbocycles. The first-order valence-electron chi connectivity index (χ1n) is 8.96. The number of fused-ring (bicyclic) bond motifs is 1. The van der Waals surface area contributed by atoms with Gasteiger partial charge in [-0.25, -0.2) is 4.98 Å². The summed E-state index contributed by atoms with van der Waals surface area (Å²) in [5.41, 5.74) is 2.76. The molecule has 2 aromatic carbocycles. The number of halogens is 1. The SMILES string of the molecule is CC1Oc2ccccc2/C(=N/OCc2ccc(Cl)cc2)C1n1ccnc1.O=[N+]([O-])O. The Kier molecular flexibility index (Phi) is 6.87. The van der Waals surface area contributed by atoms with Crippen LogP contribution in [0.4, 0.5) is 0 Å². The Morgan fingerprint density at radius 1 is 1.30 bits per heavy atom. The van der Waals surface area contributed by atoms with Crippen LogP contribution in [-0.4, -0.2) is 31.7 Å². The molecule has 2 atom stereocenters. The van der Waals surface area contributed by atoms with E-state index in [0.29, 0.717) is 11.6 Å². The van der Waals surface area contributed by atoms with E-state index < -0.39 is 5.09 Å². The van der Waals surface area contributed by atoms with E-state index in [0.717, 1.165) is 22.6 Å². The summed E-state index contributed by atoms with van der Waals surface area (Å²) in [6, 6.07) is 15.3. The minimum absolute atomic E-state index is 0.100. The zero-order chi connectivity index (χ0) is 21.5. The maximum Gasteiger partial charge on any atom is 0.291 e. The molecule has 2 heterocycles. The standard InChI is InChI=1S/C20H18ClN3O2.HNO3/c1-14-20(24-11-10-22-13-24)19(17-4-2-3-5-18(17)26-14)23-25-12-15-6-8-16(21)9-7-15;2-1(3)4/h2-11,13-14,20H,12H2,1H3;(H,2,3,4)/b23-19-;. The van der Waals surface area contributed by atoms with Crippen LogP contribution < -0.4 is 4.74 Å². The Balaban J connectivity index is 0.000000589.